The first-order valence-electron chi connectivity index (χ1n) is 6.22. The van der Waals surface area contributed by atoms with Crippen LogP contribution in [0.5, 0.6) is 0 Å². The standard InChI is InChI=1S/C12H17NO2/c14-12(13-8-4-15-5-8)11-9-6-1-2-7(3-6)10(9)11/h6-11H,1-5H2,(H,13,14). The second kappa shape index (κ2) is 2.76. The molecule has 3 heteroatoms. The summed E-state index contributed by atoms with van der Waals surface area (Å²) in [6.45, 7) is 1.45. The summed E-state index contributed by atoms with van der Waals surface area (Å²) in [5.74, 6) is 4.04. The normalized spacial score (nSPS) is 51.1. The summed E-state index contributed by atoms with van der Waals surface area (Å²) >= 11 is 0. The summed E-state index contributed by atoms with van der Waals surface area (Å²) in [5, 5.41) is 3.11. The number of nitrogens with one attached hydrogen (secondary N) is 1. The van der Waals surface area contributed by atoms with Gasteiger partial charge in [0, 0.05) is 5.92 Å². The van der Waals surface area contributed by atoms with E-state index < -0.39 is 0 Å². The van der Waals surface area contributed by atoms with Crippen molar-refractivity contribution in [2.24, 2.45) is 29.6 Å². The second-order valence-electron chi connectivity index (χ2n) is 5.76. The molecule has 4 aliphatic rings. The van der Waals surface area contributed by atoms with E-state index in [2.05, 4.69) is 5.32 Å². The Labute approximate surface area is 89.6 Å². The van der Waals surface area contributed by atoms with Crippen LogP contribution >= 0.6 is 0 Å². The Morgan fingerprint density at radius 2 is 1.80 bits per heavy atom. The van der Waals surface area contributed by atoms with Crippen molar-refractivity contribution in [3.8, 4) is 0 Å². The molecule has 3 aliphatic carbocycles. The Balaban J connectivity index is 1.41. The molecular weight excluding hydrogens is 190 g/mol. The predicted octanol–water partition coefficient (Wildman–Crippen LogP) is 0.793. The molecular formula is C12H17NO2. The Hall–Kier alpha value is -0.570. The Morgan fingerprint density at radius 3 is 2.33 bits per heavy atom. The molecule has 4 rings (SSSR count). The molecule has 0 spiro atoms. The van der Waals surface area contributed by atoms with Gasteiger partial charge in [-0.1, -0.05) is 0 Å². The van der Waals surface area contributed by atoms with Crippen molar-refractivity contribution in [1.29, 1.82) is 0 Å². The molecule has 1 N–H and O–H groups in total. The minimum Gasteiger partial charge on any atom is -0.377 e. The molecule has 0 aromatic carbocycles. The lowest BCUT2D eigenvalue weighted by atomic mass is 10.0. The van der Waals surface area contributed by atoms with Crippen molar-refractivity contribution in [1.82, 2.24) is 5.32 Å². The van der Waals surface area contributed by atoms with Gasteiger partial charge in [-0.05, 0) is 42.9 Å². The van der Waals surface area contributed by atoms with Crippen molar-refractivity contribution in [2.45, 2.75) is 25.3 Å². The van der Waals surface area contributed by atoms with Crippen LogP contribution in [0.3, 0.4) is 0 Å². The first-order valence-corrected chi connectivity index (χ1v) is 6.22. The molecule has 1 saturated heterocycles. The fourth-order valence-corrected chi connectivity index (χ4v) is 4.29. The van der Waals surface area contributed by atoms with Gasteiger partial charge in [0.05, 0.1) is 19.3 Å². The van der Waals surface area contributed by atoms with Crippen LogP contribution < -0.4 is 5.32 Å². The number of amides is 1. The molecule has 0 aromatic rings. The fraction of sp³-hybridized carbons (Fsp3) is 0.917. The number of ether oxygens (including phenoxy) is 1. The van der Waals surface area contributed by atoms with Gasteiger partial charge in [-0.3, -0.25) is 4.79 Å². The van der Waals surface area contributed by atoms with Gasteiger partial charge in [-0.25, -0.2) is 0 Å². The van der Waals surface area contributed by atoms with Crippen molar-refractivity contribution < 1.29 is 9.53 Å². The van der Waals surface area contributed by atoms with E-state index in [9.17, 15) is 4.79 Å². The number of rotatable bonds is 2. The molecule has 3 saturated carbocycles. The van der Waals surface area contributed by atoms with E-state index in [-0.39, 0.29) is 0 Å². The van der Waals surface area contributed by atoms with Crippen LogP contribution in [0.4, 0.5) is 0 Å². The topological polar surface area (TPSA) is 38.3 Å². The number of hydrogen-bond acceptors (Lipinski definition) is 2. The summed E-state index contributed by atoms with van der Waals surface area (Å²) in [6.07, 6.45) is 4.20. The summed E-state index contributed by atoms with van der Waals surface area (Å²) in [7, 11) is 0. The third kappa shape index (κ3) is 1.07. The molecule has 4 atom stereocenters. The molecule has 2 bridgehead atoms. The average Bonchev–Trinajstić information content (AvgIpc) is 2.62. The summed E-state index contributed by atoms with van der Waals surface area (Å²) < 4.78 is 5.07. The molecule has 4 fully saturated rings. The van der Waals surface area contributed by atoms with E-state index in [1.54, 1.807) is 0 Å². The van der Waals surface area contributed by atoms with Gasteiger partial charge in [0.1, 0.15) is 0 Å². The van der Waals surface area contributed by atoms with Crippen LogP contribution in [0.25, 0.3) is 0 Å². The van der Waals surface area contributed by atoms with Gasteiger partial charge in [0.15, 0.2) is 0 Å². The minimum absolute atomic E-state index is 0.316. The fourth-order valence-electron chi connectivity index (χ4n) is 4.29. The zero-order valence-electron chi connectivity index (χ0n) is 8.82. The lowest BCUT2D eigenvalue weighted by molar-refractivity contribution is -0.127. The smallest absolute Gasteiger partial charge is 0.224 e. The minimum atomic E-state index is 0.316. The molecule has 3 nitrogen and oxygen atoms in total. The molecule has 0 aromatic heterocycles. The van der Waals surface area contributed by atoms with Gasteiger partial charge >= 0.3 is 0 Å². The maximum Gasteiger partial charge on any atom is 0.224 e. The van der Waals surface area contributed by atoms with E-state index in [4.69, 9.17) is 4.74 Å². The maximum atomic E-state index is 12.0. The number of fused-ring (bicyclic) bond motifs is 5. The summed E-state index contributed by atoms with van der Waals surface area (Å²) in [4.78, 5) is 12.0. The van der Waals surface area contributed by atoms with Crippen molar-refractivity contribution in [3.05, 3.63) is 0 Å². The van der Waals surface area contributed by atoms with Crippen LogP contribution in [0.1, 0.15) is 19.3 Å². The molecule has 82 valence electrons. The monoisotopic (exact) mass is 207 g/mol. The van der Waals surface area contributed by atoms with E-state index in [1.807, 2.05) is 0 Å². The van der Waals surface area contributed by atoms with Crippen molar-refractivity contribution in [2.75, 3.05) is 13.2 Å². The zero-order chi connectivity index (χ0) is 9.99. The van der Waals surface area contributed by atoms with Gasteiger partial charge in [-0.2, -0.15) is 0 Å². The summed E-state index contributed by atoms with van der Waals surface area (Å²) in [5.41, 5.74) is 0. The maximum absolute atomic E-state index is 12.0. The van der Waals surface area contributed by atoms with E-state index in [0.717, 1.165) is 36.9 Å². The van der Waals surface area contributed by atoms with Gasteiger partial charge in [0.25, 0.3) is 0 Å². The van der Waals surface area contributed by atoms with Crippen LogP contribution in [-0.4, -0.2) is 25.2 Å². The quantitative estimate of drug-likeness (QED) is 0.727. The molecule has 4 unspecified atom stereocenters. The van der Waals surface area contributed by atoms with Crippen molar-refractivity contribution >= 4 is 5.91 Å². The van der Waals surface area contributed by atoms with Crippen molar-refractivity contribution in [3.63, 3.8) is 0 Å². The Kier molecular flexibility index (Phi) is 1.58. The largest absolute Gasteiger partial charge is 0.377 e. The van der Waals surface area contributed by atoms with E-state index in [1.165, 1.54) is 19.3 Å². The average molecular weight is 207 g/mol. The lowest BCUT2D eigenvalue weighted by Crippen LogP contribution is -2.49. The first-order chi connectivity index (χ1) is 7.34. The molecule has 0 radical (unpaired) electrons. The first kappa shape index (κ1) is 8.57. The molecule has 15 heavy (non-hydrogen) atoms. The van der Waals surface area contributed by atoms with Gasteiger partial charge in [-0.15, -0.1) is 0 Å². The van der Waals surface area contributed by atoms with Crippen LogP contribution in [0, 0.1) is 29.6 Å². The van der Waals surface area contributed by atoms with Crippen LogP contribution in [0.2, 0.25) is 0 Å². The highest BCUT2D eigenvalue weighted by atomic mass is 16.5. The number of carbonyl (C=O) groups excluding carboxylic acids is 1. The Bertz CT molecular complexity index is 297. The predicted molar refractivity (Wildman–Crippen MR) is 54.1 cm³/mol. The van der Waals surface area contributed by atoms with Crippen LogP contribution in [0.15, 0.2) is 0 Å². The van der Waals surface area contributed by atoms with Gasteiger partial charge < -0.3 is 10.1 Å². The highest BCUT2D eigenvalue weighted by molar-refractivity contribution is 5.83. The highest BCUT2D eigenvalue weighted by Gasteiger charge is 2.67. The third-order valence-electron chi connectivity index (χ3n) is 5.02. The van der Waals surface area contributed by atoms with E-state index >= 15 is 0 Å². The Morgan fingerprint density at radius 1 is 1.13 bits per heavy atom. The third-order valence-corrected chi connectivity index (χ3v) is 5.02. The SMILES string of the molecule is O=C(NC1COC1)C1C2C3CCC(C3)C12. The molecule has 1 aliphatic heterocycles. The molecule has 1 amide bonds. The van der Waals surface area contributed by atoms with Crippen LogP contribution in [-0.2, 0) is 9.53 Å². The van der Waals surface area contributed by atoms with Gasteiger partial charge in [0.2, 0.25) is 5.91 Å². The summed E-state index contributed by atoms with van der Waals surface area (Å²) in [6, 6.07) is 0.316. The number of carbonyl (C=O) groups is 1. The lowest BCUT2D eigenvalue weighted by Gasteiger charge is -2.27. The van der Waals surface area contributed by atoms with E-state index in [0.29, 0.717) is 17.9 Å². The highest BCUT2D eigenvalue weighted by Crippen LogP contribution is 2.69. The molecule has 1 heterocycles. The second-order valence-corrected chi connectivity index (χ2v) is 5.76. The number of hydrogen-bond donors (Lipinski definition) is 1. The zero-order valence-corrected chi connectivity index (χ0v) is 8.82.